The van der Waals surface area contributed by atoms with Crippen LogP contribution in [0.4, 0.5) is 4.79 Å². The topological polar surface area (TPSA) is 59.6 Å². The van der Waals surface area contributed by atoms with Gasteiger partial charge >= 0.3 is 6.09 Å². The SMILES string of the molecule is CC1CNC[C@@H](CNC(=O)OC(C)(C)C)O1. The van der Waals surface area contributed by atoms with Gasteiger partial charge in [0.25, 0.3) is 0 Å². The van der Waals surface area contributed by atoms with Crippen LogP contribution in [0.15, 0.2) is 0 Å². The number of carbonyl (C=O) groups is 1. The fourth-order valence-corrected chi connectivity index (χ4v) is 1.50. The molecule has 0 saturated carbocycles. The van der Waals surface area contributed by atoms with Gasteiger partial charge in [-0.1, -0.05) is 0 Å². The molecule has 5 nitrogen and oxygen atoms in total. The fourth-order valence-electron chi connectivity index (χ4n) is 1.50. The van der Waals surface area contributed by atoms with E-state index >= 15 is 0 Å². The van der Waals surface area contributed by atoms with Crippen molar-refractivity contribution in [2.45, 2.75) is 45.5 Å². The highest BCUT2D eigenvalue weighted by molar-refractivity contribution is 5.67. The minimum absolute atomic E-state index is 0.0243. The third kappa shape index (κ3) is 5.32. The smallest absolute Gasteiger partial charge is 0.407 e. The Morgan fingerprint density at radius 1 is 1.50 bits per heavy atom. The van der Waals surface area contributed by atoms with E-state index in [1.165, 1.54) is 0 Å². The summed E-state index contributed by atoms with van der Waals surface area (Å²) in [5, 5.41) is 5.94. The van der Waals surface area contributed by atoms with Gasteiger partial charge in [-0.2, -0.15) is 0 Å². The maximum atomic E-state index is 11.4. The lowest BCUT2D eigenvalue weighted by atomic mass is 10.2. The van der Waals surface area contributed by atoms with Crippen molar-refractivity contribution in [3.05, 3.63) is 0 Å². The lowest BCUT2D eigenvalue weighted by Crippen LogP contribution is -2.49. The summed E-state index contributed by atoms with van der Waals surface area (Å²) in [4.78, 5) is 11.4. The molecule has 0 aliphatic carbocycles. The number of rotatable bonds is 2. The van der Waals surface area contributed by atoms with Gasteiger partial charge in [-0.25, -0.2) is 4.79 Å². The zero-order valence-electron chi connectivity index (χ0n) is 10.5. The van der Waals surface area contributed by atoms with Crippen molar-refractivity contribution < 1.29 is 14.3 Å². The van der Waals surface area contributed by atoms with E-state index in [1.54, 1.807) is 0 Å². The van der Waals surface area contributed by atoms with Crippen molar-refractivity contribution in [2.24, 2.45) is 0 Å². The molecular formula is C11H22N2O3. The Morgan fingerprint density at radius 3 is 2.75 bits per heavy atom. The van der Waals surface area contributed by atoms with Gasteiger partial charge < -0.3 is 20.1 Å². The number of hydrogen-bond acceptors (Lipinski definition) is 4. The van der Waals surface area contributed by atoms with E-state index in [9.17, 15) is 4.79 Å². The van der Waals surface area contributed by atoms with E-state index in [-0.39, 0.29) is 12.2 Å². The summed E-state index contributed by atoms with van der Waals surface area (Å²) in [5.74, 6) is 0. The Hall–Kier alpha value is -0.810. The van der Waals surface area contributed by atoms with E-state index in [2.05, 4.69) is 10.6 Å². The van der Waals surface area contributed by atoms with E-state index in [0.29, 0.717) is 6.54 Å². The van der Waals surface area contributed by atoms with Crippen LogP contribution in [0.3, 0.4) is 0 Å². The molecule has 1 rings (SSSR count). The van der Waals surface area contributed by atoms with Crippen LogP contribution in [0.1, 0.15) is 27.7 Å². The molecule has 0 aromatic carbocycles. The average molecular weight is 230 g/mol. The first kappa shape index (κ1) is 13.3. The van der Waals surface area contributed by atoms with E-state index < -0.39 is 11.7 Å². The molecule has 1 aliphatic rings. The molecule has 2 atom stereocenters. The molecule has 1 unspecified atom stereocenters. The molecule has 0 spiro atoms. The largest absolute Gasteiger partial charge is 0.444 e. The first-order valence-corrected chi connectivity index (χ1v) is 5.70. The van der Waals surface area contributed by atoms with Crippen molar-refractivity contribution in [3.63, 3.8) is 0 Å². The summed E-state index contributed by atoms with van der Waals surface area (Å²) in [6.45, 7) is 9.63. The van der Waals surface area contributed by atoms with E-state index in [0.717, 1.165) is 13.1 Å². The van der Waals surface area contributed by atoms with Crippen molar-refractivity contribution in [3.8, 4) is 0 Å². The monoisotopic (exact) mass is 230 g/mol. The van der Waals surface area contributed by atoms with Crippen LogP contribution >= 0.6 is 0 Å². The van der Waals surface area contributed by atoms with Gasteiger partial charge in [0.05, 0.1) is 12.2 Å². The van der Waals surface area contributed by atoms with Gasteiger partial charge in [0.1, 0.15) is 5.60 Å². The molecule has 0 bridgehead atoms. The predicted octanol–water partition coefficient (Wildman–Crippen LogP) is 0.888. The molecule has 1 amide bonds. The van der Waals surface area contributed by atoms with Gasteiger partial charge in [0.15, 0.2) is 0 Å². The molecule has 1 aliphatic heterocycles. The number of carbonyl (C=O) groups excluding carboxylic acids is 1. The van der Waals surface area contributed by atoms with Crippen molar-refractivity contribution in [2.75, 3.05) is 19.6 Å². The molecule has 0 radical (unpaired) electrons. The first-order valence-electron chi connectivity index (χ1n) is 5.70. The standard InChI is InChI=1S/C11H22N2O3/c1-8-5-12-6-9(15-8)7-13-10(14)16-11(2,3)4/h8-9,12H,5-7H2,1-4H3,(H,13,14)/t8?,9-/m0/s1. The summed E-state index contributed by atoms with van der Waals surface area (Å²) in [6, 6.07) is 0. The number of ether oxygens (including phenoxy) is 2. The second kappa shape index (κ2) is 5.50. The molecule has 0 aromatic heterocycles. The normalized spacial score (nSPS) is 26.2. The van der Waals surface area contributed by atoms with Crippen LogP contribution in [0.25, 0.3) is 0 Å². The van der Waals surface area contributed by atoms with E-state index in [4.69, 9.17) is 9.47 Å². The highest BCUT2D eigenvalue weighted by atomic mass is 16.6. The first-order chi connectivity index (χ1) is 7.37. The second-order valence-corrected chi connectivity index (χ2v) is 5.11. The maximum Gasteiger partial charge on any atom is 0.407 e. The Bertz CT molecular complexity index is 238. The maximum absolute atomic E-state index is 11.4. The molecule has 5 heteroatoms. The van der Waals surface area contributed by atoms with Crippen molar-refractivity contribution in [1.82, 2.24) is 10.6 Å². The minimum Gasteiger partial charge on any atom is -0.444 e. The number of hydrogen-bond donors (Lipinski definition) is 2. The van der Waals surface area contributed by atoms with Crippen LogP contribution in [0.5, 0.6) is 0 Å². The molecule has 0 aromatic rings. The lowest BCUT2D eigenvalue weighted by molar-refractivity contribution is -0.0273. The third-order valence-corrected chi connectivity index (χ3v) is 2.10. The Balaban J connectivity index is 2.21. The van der Waals surface area contributed by atoms with Crippen LogP contribution in [0, 0.1) is 0 Å². The third-order valence-electron chi connectivity index (χ3n) is 2.10. The summed E-state index contributed by atoms with van der Waals surface area (Å²) in [7, 11) is 0. The highest BCUT2D eigenvalue weighted by Crippen LogP contribution is 2.07. The Kier molecular flexibility index (Phi) is 4.56. The summed E-state index contributed by atoms with van der Waals surface area (Å²) < 4.78 is 10.8. The van der Waals surface area contributed by atoms with Gasteiger partial charge in [-0.15, -0.1) is 0 Å². The zero-order valence-corrected chi connectivity index (χ0v) is 10.5. The minimum atomic E-state index is -0.455. The van der Waals surface area contributed by atoms with Crippen molar-refractivity contribution >= 4 is 6.09 Å². The molecule has 1 saturated heterocycles. The quantitative estimate of drug-likeness (QED) is 0.739. The zero-order chi connectivity index (χ0) is 12.2. The molecule has 1 fully saturated rings. The van der Waals surface area contributed by atoms with Crippen molar-refractivity contribution in [1.29, 1.82) is 0 Å². The molecule has 16 heavy (non-hydrogen) atoms. The average Bonchev–Trinajstić information content (AvgIpc) is 2.12. The van der Waals surface area contributed by atoms with Crippen LogP contribution < -0.4 is 10.6 Å². The molecule has 2 N–H and O–H groups in total. The Labute approximate surface area is 96.9 Å². The lowest BCUT2D eigenvalue weighted by Gasteiger charge is -2.29. The van der Waals surface area contributed by atoms with Crippen LogP contribution in [-0.4, -0.2) is 43.5 Å². The summed E-state index contributed by atoms with van der Waals surface area (Å²) >= 11 is 0. The predicted molar refractivity (Wildman–Crippen MR) is 61.4 cm³/mol. The van der Waals surface area contributed by atoms with Gasteiger partial charge in [0.2, 0.25) is 0 Å². The van der Waals surface area contributed by atoms with Gasteiger partial charge in [0, 0.05) is 19.6 Å². The van der Waals surface area contributed by atoms with Crippen LogP contribution in [-0.2, 0) is 9.47 Å². The van der Waals surface area contributed by atoms with Crippen LogP contribution in [0.2, 0.25) is 0 Å². The summed E-state index contributed by atoms with van der Waals surface area (Å²) in [5.41, 5.74) is -0.455. The molecule has 1 heterocycles. The molecule has 94 valence electrons. The highest BCUT2D eigenvalue weighted by Gasteiger charge is 2.21. The molecular weight excluding hydrogens is 208 g/mol. The summed E-state index contributed by atoms with van der Waals surface area (Å²) in [6.07, 6.45) is -0.176. The number of nitrogens with one attached hydrogen (secondary N) is 2. The number of morpholine rings is 1. The Morgan fingerprint density at radius 2 is 2.19 bits per heavy atom. The van der Waals surface area contributed by atoms with E-state index in [1.807, 2.05) is 27.7 Å². The van der Waals surface area contributed by atoms with Gasteiger partial charge in [-0.05, 0) is 27.7 Å². The second-order valence-electron chi connectivity index (χ2n) is 5.11. The van der Waals surface area contributed by atoms with Gasteiger partial charge in [-0.3, -0.25) is 0 Å². The fraction of sp³-hybridized carbons (Fsp3) is 0.909. The number of amides is 1. The number of alkyl carbamates (subject to hydrolysis) is 1.